The maximum absolute atomic E-state index is 9.73. The lowest BCUT2D eigenvalue weighted by Crippen LogP contribution is -2.32. The molecule has 1 unspecified atom stereocenters. The van der Waals surface area contributed by atoms with Crippen LogP contribution >= 0.6 is 0 Å². The topological polar surface area (TPSA) is 58.9 Å². The Morgan fingerprint density at radius 3 is 2.62 bits per heavy atom. The van der Waals surface area contributed by atoms with Crippen molar-refractivity contribution in [3.63, 3.8) is 0 Å². The Bertz CT molecular complexity index is 204. The highest BCUT2D eigenvalue weighted by molar-refractivity contribution is 4.97. The molecule has 1 aliphatic carbocycles. The molecule has 0 aromatic rings. The summed E-state index contributed by atoms with van der Waals surface area (Å²) in [6.07, 6.45) is -0.211. The molecule has 13 heavy (non-hydrogen) atoms. The average Bonchev–Trinajstić information content (AvgIpc) is 2.47. The predicted octanol–water partition coefficient (Wildman–Crippen LogP) is -0.120. The Labute approximate surface area is 77.5 Å². The van der Waals surface area contributed by atoms with E-state index in [0.29, 0.717) is 6.42 Å². The minimum atomic E-state index is -0.587. The van der Waals surface area contributed by atoms with Gasteiger partial charge in [-0.05, 0) is 20.3 Å². The molecule has 1 heterocycles. The molecule has 76 valence electrons. The van der Waals surface area contributed by atoms with Crippen LogP contribution in [0, 0.1) is 5.92 Å². The van der Waals surface area contributed by atoms with Crippen LogP contribution in [-0.4, -0.2) is 40.9 Å². The van der Waals surface area contributed by atoms with Gasteiger partial charge in [-0.15, -0.1) is 0 Å². The zero-order chi connectivity index (χ0) is 9.64. The van der Waals surface area contributed by atoms with Crippen LogP contribution in [0.1, 0.15) is 20.3 Å². The molecular weight excluding hydrogens is 172 g/mol. The average molecular weight is 188 g/mol. The quantitative estimate of drug-likeness (QED) is 0.602. The van der Waals surface area contributed by atoms with Gasteiger partial charge in [-0.3, -0.25) is 0 Å². The van der Waals surface area contributed by atoms with Gasteiger partial charge in [0.25, 0.3) is 0 Å². The summed E-state index contributed by atoms with van der Waals surface area (Å²) in [5.41, 5.74) is 0. The van der Waals surface area contributed by atoms with E-state index in [2.05, 4.69) is 0 Å². The van der Waals surface area contributed by atoms with Gasteiger partial charge in [-0.1, -0.05) is 0 Å². The molecule has 2 aliphatic rings. The van der Waals surface area contributed by atoms with Crippen LogP contribution in [0.15, 0.2) is 0 Å². The largest absolute Gasteiger partial charge is 0.396 e. The van der Waals surface area contributed by atoms with Gasteiger partial charge in [0.05, 0.1) is 12.2 Å². The van der Waals surface area contributed by atoms with Crippen LogP contribution in [-0.2, 0) is 9.47 Å². The smallest absolute Gasteiger partial charge is 0.163 e. The molecule has 0 aromatic heterocycles. The molecule has 0 spiro atoms. The Morgan fingerprint density at radius 1 is 1.38 bits per heavy atom. The third-order valence-electron chi connectivity index (χ3n) is 2.81. The standard InChI is InChI=1S/C9H16O4/c1-9(2)12-6-3-5(4-10)7(11)8(6)13-9/h5-8,10-11H,3-4H2,1-2H3/t5-,6+,7?,8-/m1/s1. The number of hydrogen-bond acceptors (Lipinski definition) is 4. The van der Waals surface area contributed by atoms with Crippen molar-refractivity contribution in [2.24, 2.45) is 5.92 Å². The second-order valence-corrected chi connectivity index (χ2v) is 4.31. The summed E-state index contributed by atoms with van der Waals surface area (Å²) in [6, 6.07) is 0. The maximum Gasteiger partial charge on any atom is 0.163 e. The molecule has 0 amide bonds. The number of aliphatic hydroxyl groups excluding tert-OH is 2. The highest BCUT2D eigenvalue weighted by Crippen LogP contribution is 2.40. The first-order chi connectivity index (χ1) is 6.03. The van der Waals surface area contributed by atoms with Crippen LogP contribution in [0.25, 0.3) is 0 Å². The second kappa shape index (κ2) is 2.92. The Hall–Kier alpha value is -0.160. The van der Waals surface area contributed by atoms with Crippen LogP contribution in [0.5, 0.6) is 0 Å². The minimum Gasteiger partial charge on any atom is -0.396 e. The third kappa shape index (κ3) is 1.48. The van der Waals surface area contributed by atoms with E-state index in [4.69, 9.17) is 14.6 Å². The van der Waals surface area contributed by atoms with Gasteiger partial charge >= 0.3 is 0 Å². The summed E-state index contributed by atoms with van der Waals surface area (Å²) in [5.74, 6) is -0.678. The van der Waals surface area contributed by atoms with E-state index < -0.39 is 11.9 Å². The number of aliphatic hydroxyl groups is 2. The van der Waals surface area contributed by atoms with E-state index in [0.717, 1.165) is 0 Å². The van der Waals surface area contributed by atoms with Gasteiger partial charge < -0.3 is 19.7 Å². The fraction of sp³-hybridized carbons (Fsp3) is 1.00. The lowest BCUT2D eigenvalue weighted by molar-refractivity contribution is -0.168. The van der Waals surface area contributed by atoms with Crippen molar-refractivity contribution in [3.8, 4) is 0 Å². The summed E-state index contributed by atoms with van der Waals surface area (Å²) >= 11 is 0. The van der Waals surface area contributed by atoms with Crippen molar-refractivity contribution in [3.05, 3.63) is 0 Å². The first kappa shape index (κ1) is 9.40. The molecule has 0 radical (unpaired) electrons. The van der Waals surface area contributed by atoms with Crippen molar-refractivity contribution >= 4 is 0 Å². The summed E-state index contributed by atoms with van der Waals surface area (Å²) in [5, 5.41) is 18.7. The normalized spacial score (nSPS) is 48.0. The number of fused-ring (bicyclic) bond motifs is 1. The van der Waals surface area contributed by atoms with Gasteiger partial charge in [-0.2, -0.15) is 0 Å². The number of ether oxygens (including phenoxy) is 2. The third-order valence-corrected chi connectivity index (χ3v) is 2.81. The van der Waals surface area contributed by atoms with E-state index in [9.17, 15) is 5.11 Å². The van der Waals surface area contributed by atoms with Gasteiger partial charge in [0.1, 0.15) is 6.10 Å². The highest BCUT2D eigenvalue weighted by atomic mass is 16.8. The van der Waals surface area contributed by atoms with Gasteiger partial charge in [0.15, 0.2) is 5.79 Å². The minimum absolute atomic E-state index is 0.00130. The van der Waals surface area contributed by atoms with Crippen LogP contribution in [0.3, 0.4) is 0 Å². The van der Waals surface area contributed by atoms with Crippen molar-refractivity contribution in [2.45, 2.75) is 44.4 Å². The molecule has 4 heteroatoms. The molecule has 2 N–H and O–H groups in total. The van der Waals surface area contributed by atoms with Crippen molar-refractivity contribution in [1.82, 2.24) is 0 Å². The highest BCUT2D eigenvalue weighted by Gasteiger charge is 2.52. The second-order valence-electron chi connectivity index (χ2n) is 4.31. The zero-order valence-electron chi connectivity index (χ0n) is 7.93. The summed E-state index contributed by atoms with van der Waals surface area (Å²) in [6.45, 7) is 3.68. The monoisotopic (exact) mass is 188 g/mol. The first-order valence-electron chi connectivity index (χ1n) is 4.68. The molecule has 0 aromatic carbocycles. The van der Waals surface area contributed by atoms with Crippen molar-refractivity contribution < 1.29 is 19.7 Å². The molecule has 4 atom stereocenters. The number of rotatable bonds is 1. The summed E-state index contributed by atoms with van der Waals surface area (Å²) in [7, 11) is 0. The van der Waals surface area contributed by atoms with Gasteiger partial charge in [0.2, 0.25) is 0 Å². The maximum atomic E-state index is 9.73. The van der Waals surface area contributed by atoms with E-state index in [-0.39, 0.29) is 24.7 Å². The summed E-state index contributed by atoms with van der Waals surface area (Å²) < 4.78 is 11.1. The predicted molar refractivity (Wildman–Crippen MR) is 45.0 cm³/mol. The molecule has 0 bridgehead atoms. The molecule has 4 nitrogen and oxygen atoms in total. The van der Waals surface area contributed by atoms with E-state index in [1.54, 1.807) is 0 Å². The van der Waals surface area contributed by atoms with Crippen LogP contribution in [0.2, 0.25) is 0 Å². The Kier molecular flexibility index (Phi) is 2.11. The fourth-order valence-electron chi connectivity index (χ4n) is 2.22. The lowest BCUT2D eigenvalue weighted by Gasteiger charge is -2.22. The van der Waals surface area contributed by atoms with E-state index in [1.807, 2.05) is 13.8 Å². The van der Waals surface area contributed by atoms with Gasteiger partial charge in [-0.25, -0.2) is 0 Å². The van der Waals surface area contributed by atoms with Crippen LogP contribution < -0.4 is 0 Å². The van der Waals surface area contributed by atoms with E-state index in [1.165, 1.54) is 0 Å². The summed E-state index contributed by atoms with van der Waals surface area (Å²) in [4.78, 5) is 0. The van der Waals surface area contributed by atoms with Crippen LogP contribution in [0.4, 0.5) is 0 Å². The molecular formula is C9H16O4. The Morgan fingerprint density at radius 2 is 2.08 bits per heavy atom. The molecule has 2 fully saturated rings. The fourth-order valence-corrected chi connectivity index (χ4v) is 2.22. The molecule has 1 saturated heterocycles. The van der Waals surface area contributed by atoms with Crippen molar-refractivity contribution in [2.75, 3.05) is 6.61 Å². The SMILES string of the molecule is CC1(C)O[C@H]2C[C@H](CO)C(O)[C@@H]2O1. The Balaban J connectivity index is 2.07. The van der Waals surface area contributed by atoms with Gasteiger partial charge in [0, 0.05) is 12.5 Å². The molecule has 1 saturated carbocycles. The molecule has 1 aliphatic heterocycles. The number of hydrogen-bond donors (Lipinski definition) is 2. The first-order valence-corrected chi connectivity index (χ1v) is 4.68. The lowest BCUT2D eigenvalue weighted by atomic mass is 10.1. The van der Waals surface area contributed by atoms with E-state index >= 15 is 0 Å². The molecule has 2 rings (SSSR count). The van der Waals surface area contributed by atoms with Crippen molar-refractivity contribution in [1.29, 1.82) is 0 Å². The zero-order valence-corrected chi connectivity index (χ0v) is 7.93.